The Kier molecular flexibility index (Phi) is 4.87. The van der Waals surface area contributed by atoms with Gasteiger partial charge < -0.3 is 4.55 Å². The minimum atomic E-state index is -1.19. The van der Waals surface area contributed by atoms with Crippen molar-refractivity contribution >= 4 is 24.7 Å². The molecule has 0 spiro atoms. The maximum Gasteiger partial charge on any atom is 0.136 e. The van der Waals surface area contributed by atoms with E-state index < -0.39 is 17.2 Å². The highest BCUT2D eigenvalue weighted by molar-refractivity contribution is 7.90. The first kappa shape index (κ1) is 15.5. The molecule has 0 bridgehead atoms. The van der Waals surface area contributed by atoms with Crippen LogP contribution in [0.15, 0.2) is 12.1 Å². The van der Waals surface area contributed by atoms with Crippen LogP contribution in [0.4, 0.5) is 4.39 Å². The van der Waals surface area contributed by atoms with Gasteiger partial charge in [-0.3, -0.25) is 0 Å². The molecular weight excluding hydrogens is 248 g/mol. The van der Waals surface area contributed by atoms with Gasteiger partial charge in [-0.2, -0.15) is 0 Å². The summed E-state index contributed by atoms with van der Waals surface area (Å²) >= 11 is -1.19. The average Bonchev–Trinajstić information content (AvgIpc) is 2.24. The van der Waals surface area contributed by atoms with Gasteiger partial charge in [0.05, 0.1) is 6.04 Å². The number of benzene rings is 1. The van der Waals surface area contributed by atoms with Crippen molar-refractivity contribution in [2.75, 3.05) is 0 Å². The van der Waals surface area contributed by atoms with E-state index in [1.165, 1.54) is 6.07 Å². The van der Waals surface area contributed by atoms with Crippen LogP contribution >= 0.6 is 0 Å². The third kappa shape index (κ3) is 3.50. The molecule has 18 heavy (non-hydrogen) atoms. The summed E-state index contributed by atoms with van der Waals surface area (Å²) in [6, 6.07) is 3.11. The summed E-state index contributed by atoms with van der Waals surface area (Å²) in [4.78, 5) is 0. The summed E-state index contributed by atoms with van der Waals surface area (Å²) in [7, 11) is 5.50. The van der Waals surface area contributed by atoms with Gasteiger partial charge in [0.1, 0.15) is 18.4 Å². The van der Waals surface area contributed by atoms with Gasteiger partial charge in [-0.25, -0.2) is 4.39 Å². The smallest absolute Gasteiger partial charge is 0.136 e. The molecule has 1 aromatic carbocycles. The fourth-order valence-electron chi connectivity index (χ4n) is 1.59. The molecule has 1 N–H and O–H groups in total. The molecule has 2 atom stereocenters. The summed E-state index contributed by atoms with van der Waals surface area (Å²) in [6.07, 6.45) is 0. The van der Waals surface area contributed by atoms with E-state index >= 15 is 0 Å². The van der Waals surface area contributed by atoms with Crippen LogP contribution in [0.5, 0.6) is 0 Å². The first-order valence-electron chi connectivity index (χ1n) is 5.87. The van der Waals surface area contributed by atoms with Gasteiger partial charge in [0.25, 0.3) is 0 Å². The summed E-state index contributed by atoms with van der Waals surface area (Å²) in [6.45, 7) is 9.21. The molecule has 98 valence electrons. The molecule has 5 heteroatoms. The maximum atomic E-state index is 13.7. The predicted molar refractivity (Wildman–Crippen MR) is 76.0 cm³/mol. The topological polar surface area (TPSA) is 35.1 Å². The van der Waals surface area contributed by atoms with Crippen LogP contribution in [0.2, 0.25) is 0 Å². The van der Waals surface area contributed by atoms with Gasteiger partial charge in [0.2, 0.25) is 0 Å². The average molecular weight is 267 g/mol. The molecule has 0 heterocycles. The molecule has 0 saturated carbocycles. The van der Waals surface area contributed by atoms with Crippen LogP contribution in [0.25, 0.3) is 0 Å². The van der Waals surface area contributed by atoms with E-state index in [-0.39, 0.29) is 16.3 Å². The van der Waals surface area contributed by atoms with Crippen molar-refractivity contribution in [1.82, 2.24) is 4.72 Å². The monoisotopic (exact) mass is 267 g/mol. The van der Waals surface area contributed by atoms with Crippen molar-refractivity contribution in [3.63, 3.8) is 0 Å². The van der Waals surface area contributed by atoms with Crippen molar-refractivity contribution in [2.24, 2.45) is 0 Å². The van der Waals surface area contributed by atoms with Crippen molar-refractivity contribution in [3.05, 3.63) is 29.1 Å². The van der Waals surface area contributed by atoms with Crippen molar-refractivity contribution in [1.29, 1.82) is 0 Å². The Morgan fingerprint density at radius 1 is 1.39 bits per heavy atom. The quantitative estimate of drug-likeness (QED) is 0.672. The highest BCUT2D eigenvalue weighted by Crippen LogP contribution is 2.22. The number of nitrogens with one attached hydrogen (secondary N) is 1. The molecule has 2 radical (unpaired) electrons. The van der Waals surface area contributed by atoms with Crippen molar-refractivity contribution < 1.29 is 8.94 Å². The number of rotatable bonds is 3. The first-order chi connectivity index (χ1) is 8.14. The normalized spacial score (nSPS) is 15.5. The van der Waals surface area contributed by atoms with E-state index in [2.05, 4.69) is 4.72 Å². The second kappa shape index (κ2) is 5.64. The van der Waals surface area contributed by atoms with Gasteiger partial charge in [0.15, 0.2) is 0 Å². The summed E-state index contributed by atoms with van der Waals surface area (Å²) in [5, 5.41) is 0. The molecule has 0 aliphatic heterocycles. The number of hydrogen-bond donors (Lipinski definition) is 1. The fraction of sp³-hybridized carbons (Fsp3) is 0.538. The van der Waals surface area contributed by atoms with Crippen molar-refractivity contribution in [3.8, 4) is 0 Å². The van der Waals surface area contributed by atoms with Gasteiger partial charge >= 0.3 is 0 Å². The Hall–Kier alpha value is -0.515. The molecule has 2 nitrogen and oxygen atoms in total. The van der Waals surface area contributed by atoms with Gasteiger partial charge in [-0.1, -0.05) is 17.6 Å². The molecule has 1 rings (SSSR count). The zero-order chi connectivity index (χ0) is 14.1. The van der Waals surface area contributed by atoms with Gasteiger partial charge in [-0.15, -0.1) is 4.72 Å². The summed E-state index contributed by atoms with van der Waals surface area (Å²) in [5.41, 5.74) is 1.42. The maximum absolute atomic E-state index is 13.7. The van der Waals surface area contributed by atoms with Crippen LogP contribution in [0.3, 0.4) is 0 Å². The van der Waals surface area contributed by atoms with E-state index in [1.54, 1.807) is 13.0 Å². The molecule has 0 saturated heterocycles. The molecule has 0 aromatic heterocycles. The van der Waals surface area contributed by atoms with Crippen LogP contribution < -0.4 is 10.2 Å². The molecule has 0 fully saturated rings. The van der Waals surface area contributed by atoms with Crippen LogP contribution in [0, 0.1) is 12.7 Å². The Labute approximate surface area is 113 Å². The highest BCUT2D eigenvalue weighted by atomic mass is 32.2. The first-order valence-corrected chi connectivity index (χ1v) is 7.02. The molecule has 0 aliphatic rings. The predicted octanol–water partition coefficient (Wildman–Crippen LogP) is 2.04. The lowest BCUT2D eigenvalue weighted by Gasteiger charge is -2.27. The third-order valence-corrected chi connectivity index (χ3v) is 4.44. The Morgan fingerprint density at radius 2 is 1.94 bits per heavy atom. The molecule has 0 amide bonds. The Morgan fingerprint density at radius 3 is 2.44 bits per heavy atom. The number of hydrogen-bond acceptors (Lipinski definition) is 2. The van der Waals surface area contributed by atoms with E-state index in [9.17, 15) is 8.94 Å². The van der Waals surface area contributed by atoms with Gasteiger partial charge in [0, 0.05) is 11.4 Å². The standard InChI is InChI=1S/C13H19BFNOS/c1-8-10(6-7-11(14)12(8)15)9(2)16-18(17)13(3,4)5/h6-7,9,16H,1-5H3. The zero-order valence-electron chi connectivity index (χ0n) is 11.5. The largest absolute Gasteiger partial charge is 0.598 e. The molecule has 0 aliphatic carbocycles. The number of halogens is 1. The lowest BCUT2D eigenvalue weighted by Crippen LogP contribution is -2.40. The lowest BCUT2D eigenvalue weighted by atomic mass is 9.90. The second-order valence-corrected chi connectivity index (χ2v) is 7.40. The van der Waals surface area contributed by atoms with E-state index in [1.807, 2.05) is 27.7 Å². The fourth-order valence-corrected chi connectivity index (χ4v) is 2.39. The van der Waals surface area contributed by atoms with E-state index in [0.717, 1.165) is 5.56 Å². The molecule has 2 unspecified atom stereocenters. The minimum absolute atomic E-state index is 0.139. The Balaban J connectivity index is 2.92. The zero-order valence-corrected chi connectivity index (χ0v) is 12.3. The van der Waals surface area contributed by atoms with Crippen LogP contribution in [0.1, 0.15) is 44.9 Å². The molecule has 1 aromatic rings. The van der Waals surface area contributed by atoms with E-state index in [4.69, 9.17) is 7.85 Å². The summed E-state index contributed by atoms with van der Waals surface area (Å²) in [5.74, 6) is -0.400. The van der Waals surface area contributed by atoms with Crippen molar-refractivity contribution in [2.45, 2.75) is 45.4 Å². The highest BCUT2D eigenvalue weighted by Gasteiger charge is 2.28. The molecular formula is C13H19BFNOS. The second-order valence-electron chi connectivity index (χ2n) is 5.40. The third-order valence-electron chi connectivity index (χ3n) is 2.76. The SMILES string of the molecule is [B]c1ccc(C(C)N[S+]([O-])C(C)(C)C)c(C)c1F. The van der Waals surface area contributed by atoms with Crippen LogP contribution in [-0.2, 0) is 11.4 Å². The summed E-state index contributed by atoms with van der Waals surface area (Å²) < 4.78 is 28.3. The van der Waals surface area contributed by atoms with E-state index in [0.29, 0.717) is 5.56 Å². The Bertz CT molecular complexity index is 434. The minimum Gasteiger partial charge on any atom is -0.598 e. The van der Waals surface area contributed by atoms with Gasteiger partial charge in [-0.05, 0) is 45.7 Å². The lowest BCUT2D eigenvalue weighted by molar-refractivity contribution is 0.529. The van der Waals surface area contributed by atoms with Crippen LogP contribution in [-0.4, -0.2) is 17.1 Å².